The first-order valence-electron chi connectivity index (χ1n) is 12.1. The van der Waals surface area contributed by atoms with Gasteiger partial charge in [0.15, 0.2) is 0 Å². The molecule has 2 aromatic carbocycles. The van der Waals surface area contributed by atoms with E-state index in [1.807, 2.05) is 30.3 Å². The highest BCUT2D eigenvalue weighted by molar-refractivity contribution is 5.95. The zero-order valence-electron chi connectivity index (χ0n) is 19.8. The van der Waals surface area contributed by atoms with Crippen molar-refractivity contribution in [3.05, 3.63) is 95.5 Å². The molecule has 9 nitrogen and oxygen atoms in total. The smallest absolute Gasteiger partial charge is 0.148 e. The van der Waals surface area contributed by atoms with E-state index in [4.69, 9.17) is 9.05 Å². The molecule has 2 aromatic heterocycles. The summed E-state index contributed by atoms with van der Waals surface area (Å²) in [6.45, 7) is 0. The first kappa shape index (κ1) is 24.6. The van der Waals surface area contributed by atoms with Gasteiger partial charge in [-0.2, -0.15) is 0 Å². The molecule has 1 fully saturated rings. The Labute approximate surface area is 211 Å². The quantitative estimate of drug-likeness (QED) is 0.317. The van der Waals surface area contributed by atoms with Gasteiger partial charge in [-0.3, -0.25) is 4.79 Å². The Morgan fingerprint density at radius 3 is 2.46 bits per heavy atom. The molecule has 37 heavy (non-hydrogen) atoms. The molecule has 3 unspecified atom stereocenters. The van der Waals surface area contributed by atoms with Crippen molar-refractivity contribution in [2.75, 3.05) is 0 Å². The maximum Gasteiger partial charge on any atom is 0.148 e. The second-order valence-electron chi connectivity index (χ2n) is 9.34. The Kier molecular flexibility index (Phi) is 7.00. The molecule has 1 aliphatic carbocycles. The molecule has 5 rings (SSSR count). The largest absolute Gasteiger partial charge is 0.388 e. The standard InChI is InChI=1S/C27H25FN4O5/c28-19-11-9-18(10-12-19)24(34)7-4-8-26(35)27(25-16-37-32-30-25)21(17-5-2-1-3-6-17)13-20(22(27)14-33)23-15-36-31-29-23/h1-3,5-6,9-12,14-16,20-22,24,34H,4,7-8,13H2/t20?,21-,22?,24-,27?/m0/s1. The minimum Gasteiger partial charge on any atom is -0.388 e. The van der Waals surface area contributed by atoms with E-state index in [1.165, 1.54) is 36.8 Å². The number of ketones is 1. The zero-order valence-corrected chi connectivity index (χ0v) is 19.8. The van der Waals surface area contributed by atoms with E-state index in [1.54, 1.807) is 0 Å². The summed E-state index contributed by atoms with van der Waals surface area (Å²) in [6, 6.07) is 15.1. The lowest BCUT2D eigenvalue weighted by Crippen LogP contribution is -2.46. The minimum absolute atomic E-state index is 0.0720. The Bertz CT molecular complexity index is 1310. The van der Waals surface area contributed by atoms with Crippen LogP contribution in [0.25, 0.3) is 0 Å². The first-order valence-corrected chi connectivity index (χ1v) is 12.1. The van der Waals surface area contributed by atoms with Gasteiger partial charge in [0.1, 0.15) is 41.8 Å². The summed E-state index contributed by atoms with van der Waals surface area (Å²) in [4.78, 5) is 27.0. The van der Waals surface area contributed by atoms with Gasteiger partial charge < -0.3 is 18.9 Å². The molecule has 4 aromatic rings. The molecule has 0 saturated heterocycles. The highest BCUT2D eigenvalue weighted by Crippen LogP contribution is 2.59. The summed E-state index contributed by atoms with van der Waals surface area (Å²) in [7, 11) is 0. The van der Waals surface area contributed by atoms with E-state index in [0.717, 1.165) is 11.8 Å². The predicted molar refractivity (Wildman–Crippen MR) is 127 cm³/mol. The first-order chi connectivity index (χ1) is 18.1. The van der Waals surface area contributed by atoms with Gasteiger partial charge in [-0.05, 0) is 42.5 Å². The molecular weight excluding hydrogens is 479 g/mol. The molecule has 1 aliphatic rings. The summed E-state index contributed by atoms with van der Waals surface area (Å²) in [5.41, 5.74) is 0.832. The summed E-state index contributed by atoms with van der Waals surface area (Å²) in [5, 5.41) is 26.0. The van der Waals surface area contributed by atoms with Gasteiger partial charge >= 0.3 is 0 Å². The third-order valence-electron chi connectivity index (χ3n) is 7.49. The normalized spacial score (nSPS) is 24.1. The van der Waals surface area contributed by atoms with Crippen LogP contribution in [0.1, 0.15) is 66.1 Å². The lowest BCUT2D eigenvalue weighted by molar-refractivity contribution is -0.130. The number of nitrogens with zero attached hydrogens (tertiary/aromatic N) is 4. The number of aliphatic hydroxyl groups is 1. The topological polar surface area (TPSA) is 132 Å². The van der Waals surface area contributed by atoms with Crippen molar-refractivity contribution < 1.29 is 28.1 Å². The second-order valence-corrected chi connectivity index (χ2v) is 9.34. The molecule has 0 bridgehead atoms. The second kappa shape index (κ2) is 10.5. The Morgan fingerprint density at radius 2 is 1.81 bits per heavy atom. The maximum absolute atomic E-state index is 14.2. The lowest BCUT2D eigenvalue weighted by Gasteiger charge is -2.36. The van der Waals surface area contributed by atoms with Crippen molar-refractivity contribution in [3.8, 4) is 0 Å². The van der Waals surface area contributed by atoms with Gasteiger partial charge in [-0.1, -0.05) is 42.5 Å². The number of carbonyl (C=O) groups is 2. The zero-order chi connectivity index (χ0) is 25.8. The van der Waals surface area contributed by atoms with Crippen LogP contribution in [-0.2, 0) is 15.0 Å². The number of aromatic nitrogens is 4. The number of carbonyl (C=O) groups excluding carboxylic acids is 2. The highest BCUT2D eigenvalue weighted by atomic mass is 19.1. The highest BCUT2D eigenvalue weighted by Gasteiger charge is 2.62. The van der Waals surface area contributed by atoms with Gasteiger partial charge in [-0.15, -0.1) is 10.2 Å². The van der Waals surface area contributed by atoms with E-state index in [0.29, 0.717) is 24.1 Å². The Balaban J connectivity index is 1.50. The van der Waals surface area contributed by atoms with Gasteiger partial charge in [0, 0.05) is 34.7 Å². The van der Waals surface area contributed by atoms with E-state index < -0.39 is 29.3 Å². The number of hydrogen-bond acceptors (Lipinski definition) is 9. The SMILES string of the molecule is O=CC1C(c2conn2)C[C@@H](c2ccccc2)C1(C(=O)CCC[C@H](O)c1ccc(F)cc1)c1conn1. The monoisotopic (exact) mass is 504 g/mol. The van der Waals surface area contributed by atoms with E-state index >= 15 is 0 Å². The van der Waals surface area contributed by atoms with E-state index in [2.05, 4.69) is 20.7 Å². The molecule has 190 valence electrons. The van der Waals surface area contributed by atoms with Crippen LogP contribution in [0.5, 0.6) is 0 Å². The maximum atomic E-state index is 14.2. The average molecular weight is 505 g/mol. The summed E-state index contributed by atoms with van der Waals surface area (Å²) in [6.07, 6.45) is 3.76. The molecule has 10 heteroatoms. The number of aldehydes is 1. The van der Waals surface area contributed by atoms with Gasteiger partial charge in [0.2, 0.25) is 0 Å². The lowest BCUT2D eigenvalue weighted by atomic mass is 9.63. The number of benzene rings is 2. The molecule has 0 spiro atoms. The molecule has 0 aliphatic heterocycles. The third kappa shape index (κ3) is 4.48. The Morgan fingerprint density at radius 1 is 1.08 bits per heavy atom. The van der Waals surface area contributed by atoms with Gasteiger partial charge in [0.05, 0.1) is 11.5 Å². The Hall–Kier alpha value is -4.05. The van der Waals surface area contributed by atoms with Crippen molar-refractivity contribution in [1.82, 2.24) is 20.7 Å². The number of rotatable bonds is 10. The van der Waals surface area contributed by atoms with Crippen molar-refractivity contribution >= 4 is 12.1 Å². The number of Topliss-reactive ketones (excluding diaryl/α,β-unsaturated/α-hetero) is 1. The van der Waals surface area contributed by atoms with Crippen LogP contribution in [0, 0.1) is 11.7 Å². The molecule has 1 N–H and O–H groups in total. The van der Waals surface area contributed by atoms with Crippen LogP contribution in [0.2, 0.25) is 0 Å². The van der Waals surface area contributed by atoms with Crippen LogP contribution in [0.3, 0.4) is 0 Å². The summed E-state index contributed by atoms with van der Waals surface area (Å²) in [5.74, 6) is -2.30. The van der Waals surface area contributed by atoms with Crippen LogP contribution < -0.4 is 0 Å². The molecule has 0 amide bonds. The molecule has 5 atom stereocenters. The number of hydrogen-bond donors (Lipinski definition) is 1. The molecule has 1 saturated carbocycles. The molecule has 0 radical (unpaired) electrons. The average Bonchev–Trinajstić information content (AvgIpc) is 3.69. The van der Waals surface area contributed by atoms with Gasteiger partial charge in [-0.25, -0.2) is 4.39 Å². The van der Waals surface area contributed by atoms with Crippen molar-refractivity contribution in [2.45, 2.75) is 49.0 Å². The van der Waals surface area contributed by atoms with E-state index in [-0.39, 0.29) is 30.1 Å². The van der Waals surface area contributed by atoms with Crippen LogP contribution in [0.4, 0.5) is 4.39 Å². The molecule has 2 heterocycles. The van der Waals surface area contributed by atoms with E-state index in [9.17, 15) is 19.1 Å². The fraction of sp³-hybridized carbons (Fsp3) is 0.333. The van der Waals surface area contributed by atoms with Crippen LogP contribution in [-0.4, -0.2) is 37.9 Å². The van der Waals surface area contributed by atoms with Crippen LogP contribution >= 0.6 is 0 Å². The van der Waals surface area contributed by atoms with Crippen molar-refractivity contribution in [3.63, 3.8) is 0 Å². The summed E-state index contributed by atoms with van der Waals surface area (Å²) < 4.78 is 23.3. The number of halogens is 1. The van der Waals surface area contributed by atoms with Gasteiger partial charge in [0.25, 0.3) is 0 Å². The number of aliphatic hydroxyl groups excluding tert-OH is 1. The minimum atomic E-state index is -1.37. The van der Waals surface area contributed by atoms with Crippen LogP contribution in [0.15, 0.2) is 76.2 Å². The third-order valence-corrected chi connectivity index (χ3v) is 7.49. The fourth-order valence-electron chi connectivity index (χ4n) is 5.79. The van der Waals surface area contributed by atoms with Crippen molar-refractivity contribution in [1.29, 1.82) is 0 Å². The van der Waals surface area contributed by atoms with Crippen molar-refractivity contribution in [2.24, 2.45) is 5.92 Å². The predicted octanol–water partition coefficient (Wildman–Crippen LogP) is 4.09. The fourth-order valence-corrected chi connectivity index (χ4v) is 5.79. The summed E-state index contributed by atoms with van der Waals surface area (Å²) >= 11 is 0. The molecular formula is C27H25FN4O5.